The van der Waals surface area contributed by atoms with E-state index in [1.165, 1.54) is 0 Å². The molecule has 1 unspecified atom stereocenters. The van der Waals surface area contributed by atoms with E-state index in [-0.39, 0.29) is 6.04 Å². The first-order valence-electron chi connectivity index (χ1n) is 7.36. The summed E-state index contributed by atoms with van der Waals surface area (Å²) in [6.07, 6.45) is 0.789. The number of aromatic nitrogens is 2. The van der Waals surface area contributed by atoms with Gasteiger partial charge in [-0.2, -0.15) is 0 Å². The zero-order chi connectivity index (χ0) is 17.0. The first kappa shape index (κ1) is 15.8. The fourth-order valence-electron chi connectivity index (χ4n) is 3.35. The number of imidazole rings is 1. The molecule has 0 saturated heterocycles. The molecule has 0 fully saturated rings. The molecule has 0 spiro atoms. The lowest BCUT2D eigenvalue weighted by molar-refractivity contribution is 0.112. The van der Waals surface area contributed by atoms with Crippen LogP contribution in [-0.2, 0) is 0 Å². The highest BCUT2D eigenvalue weighted by atomic mass is 35.5. The molecule has 1 aromatic heterocycles. The lowest BCUT2D eigenvalue weighted by Crippen LogP contribution is -2.12. The highest BCUT2D eigenvalue weighted by molar-refractivity contribution is 6.36. The van der Waals surface area contributed by atoms with Crippen LogP contribution in [0.5, 0.6) is 0 Å². The Balaban J connectivity index is 2.00. The molecule has 1 aliphatic rings. The number of nitrogens with zero attached hydrogens (tertiary/aromatic N) is 2. The number of halogens is 3. The minimum atomic E-state index is -0.0748. The fourth-order valence-corrected chi connectivity index (χ4v) is 4.32. The van der Waals surface area contributed by atoms with Gasteiger partial charge >= 0.3 is 0 Å². The van der Waals surface area contributed by atoms with Gasteiger partial charge in [0.1, 0.15) is 5.52 Å². The summed E-state index contributed by atoms with van der Waals surface area (Å²) in [7, 11) is 0. The molecule has 122 valence electrons. The van der Waals surface area contributed by atoms with E-state index in [1.807, 2.05) is 17.6 Å². The quantitative estimate of drug-likeness (QED) is 0.627. The van der Waals surface area contributed by atoms with Gasteiger partial charge in [0.05, 0.1) is 16.6 Å². The van der Waals surface area contributed by atoms with E-state index < -0.39 is 0 Å². The van der Waals surface area contributed by atoms with Crippen LogP contribution in [-0.4, -0.2) is 22.4 Å². The summed E-state index contributed by atoms with van der Waals surface area (Å²) in [5.74, 6) is 0.677. The molecule has 2 aromatic carbocycles. The predicted molar refractivity (Wildman–Crippen MR) is 98.0 cm³/mol. The van der Waals surface area contributed by atoms with Crippen LogP contribution >= 0.6 is 34.8 Å². The molecule has 0 amide bonds. The number of carbonyl (C=O) groups is 1. The highest BCUT2D eigenvalue weighted by Gasteiger charge is 2.31. The highest BCUT2D eigenvalue weighted by Crippen LogP contribution is 2.41. The Bertz CT molecular complexity index is 973. The SMILES string of the molecule is Cc1cc(Cl)cc(Cl)c1C1CNc2nc3c(C=O)ccc(Cl)c3n21. The molecular weight excluding hydrogens is 369 g/mol. The Morgan fingerprint density at radius 2 is 2.04 bits per heavy atom. The number of rotatable bonds is 2. The van der Waals surface area contributed by atoms with E-state index >= 15 is 0 Å². The van der Waals surface area contributed by atoms with E-state index in [4.69, 9.17) is 34.8 Å². The van der Waals surface area contributed by atoms with Gasteiger partial charge in [-0.25, -0.2) is 4.98 Å². The molecule has 0 saturated carbocycles. The van der Waals surface area contributed by atoms with Crippen molar-refractivity contribution in [1.82, 2.24) is 9.55 Å². The van der Waals surface area contributed by atoms with E-state index in [0.717, 1.165) is 22.9 Å². The third-order valence-corrected chi connectivity index (χ3v) is 5.18. The Hall–Kier alpha value is -1.75. The van der Waals surface area contributed by atoms with Crippen LogP contribution in [0, 0.1) is 6.92 Å². The van der Waals surface area contributed by atoms with Gasteiger partial charge in [0, 0.05) is 22.2 Å². The van der Waals surface area contributed by atoms with Crippen molar-refractivity contribution in [3.63, 3.8) is 0 Å². The molecule has 1 aliphatic heterocycles. The minimum Gasteiger partial charge on any atom is -0.353 e. The number of hydrogen-bond acceptors (Lipinski definition) is 3. The van der Waals surface area contributed by atoms with Gasteiger partial charge in [0.25, 0.3) is 0 Å². The van der Waals surface area contributed by atoms with Gasteiger partial charge in [-0.05, 0) is 42.3 Å². The van der Waals surface area contributed by atoms with Gasteiger partial charge in [0.2, 0.25) is 5.95 Å². The second kappa shape index (κ2) is 5.66. The van der Waals surface area contributed by atoms with Crippen LogP contribution in [0.25, 0.3) is 11.0 Å². The lowest BCUT2D eigenvalue weighted by atomic mass is 10.0. The van der Waals surface area contributed by atoms with Gasteiger partial charge in [-0.15, -0.1) is 0 Å². The summed E-state index contributed by atoms with van der Waals surface area (Å²) < 4.78 is 2.01. The molecule has 4 rings (SSSR count). The van der Waals surface area contributed by atoms with Crippen LogP contribution in [0.4, 0.5) is 5.95 Å². The summed E-state index contributed by atoms with van der Waals surface area (Å²) in [6, 6.07) is 6.94. The molecule has 3 aromatic rings. The van der Waals surface area contributed by atoms with Crippen LogP contribution in [0.15, 0.2) is 24.3 Å². The largest absolute Gasteiger partial charge is 0.353 e. The normalized spacial score (nSPS) is 16.2. The molecule has 24 heavy (non-hydrogen) atoms. The van der Waals surface area contributed by atoms with Crippen LogP contribution < -0.4 is 5.32 Å². The second-order valence-electron chi connectivity index (χ2n) is 5.77. The number of aldehydes is 1. The van der Waals surface area contributed by atoms with E-state index in [0.29, 0.717) is 38.6 Å². The smallest absolute Gasteiger partial charge is 0.204 e. The minimum absolute atomic E-state index is 0.0748. The number of hydrogen-bond donors (Lipinski definition) is 1. The molecule has 4 nitrogen and oxygen atoms in total. The number of anilines is 1. The van der Waals surface area contributed by atoms with Crippen molar-refractivity contribution >= 4 is 58.1 Å². The Morgan fingerprint density at radius 3 is 2.75 bits per heavy atom. The zero-order valence-corrected chi connectivity index (χ0v) is 14.9. The van der Waals surface area contributed by atoms with Gasteiger partial charge < -0.3 is 5.32 Å². The van der Waals surface area contributed by atoms with Crippen LogP contribution in [0.1, 0.15) is 27.5 Å². The van der Waals surface area contributed by atoms with Crippen molar-refractivity contribution < 1.29 is 4.79 Å². The number of nitrogens with one attached hydrogen (secondary N) is 1. The van der Waals surface area contributed by atoms with E-state index in [9.17, 15) is 4.79 Å². The molecule has 1 N–H and O–H groups in total. The van der Waals surface area contributed by atoms with Crippen molar-refractivity contribution in [2.75, 3.05) is 11.9 Å². The van der Waals surface area contributed by atoms with Crippen molar-refractivity contribution in [2.24, 2.45) is 0 Å². The first-order chi connectivity index (χ1) is 11.5. The Kier molecular flexibility index (Phi) is 3.71. The monoisotopic (exact) mass is 379 g/mol. The van der Waals surface area contributed by atoms with Crippen molar-refractivity contribution in [2.45, 2.75) is 13.0 Å². The third-order valence-electron chi connectivity index (χ3n) is 4.35. The molecule has 2 heterocycles. The first-order valence-corrected chi connectivity index (χ1v) is 8.49. The summed E-state index contributed by atoms with van der Waals surface area (Å²) in [4.78, 5) is 15.9. The van der Waals surface area contributed by atoms with Gasteiger partial charge in [0.15, 0.2) is 6.29 Å². The summed E-state index contributed by atoms with van der Waals surface area (Å²) in [5.41, 5.74) is 3.80. The van der Waals surface area contributed by atoms with Crippen LogP contribution in [0.2, 0.25) is 15.1 Å². The maximum atomic E-state index is 11.3. The zero-order valence-electron chi connectivity index (χ0n) is 12.6. The molecule has 1 atom stereocenters. The summed E-state index contributed by atoms with van der Waals surface area (Å²) >= 11 is 19.0. The Morgan fingerprint density at radius 1 is 1.25 bits per heavy atom. The molecule has 0 aliphatic carbocycles. The number of benzene rings is 2. The predicted octanol–water partition coefficient (Wildman–Crippen LogP) is 5.13. The average molecular weight is 381 g/mol. The molecule has 0 bridgehead atoms. The van der Waals surface area contributed by atoms with E-state index in [1.54, 1.807) is 18.2 Å². The summed E-state index contributed by atoms with van der Waals surface area (Å²) in [5, 5.41) is 5.02. The van der Waals surface area contributed by atoms with Crippen LogP contribution in [0.3, 0.4) is 0 Å². The lowest BCUT2D eigenvalue weighted by Gasteiger charge is -2.18. The van der Waals surface area contributed by atoms with Gasteiger partial charge in [-0.1, -0.05) is 34.8 Å². The maximum absolute atomic E-state index is 11.3. The van der Waals surface area contributed by atoms with Crippen molar-refractivity contribution in [3.8, 4) is 0 Å². The average Bonchev–Trinajstić information content (AvgIpc) is 3.07. The topological polar surface area (TPSA) is 46.9 Å². The Labute approximate surface area is 153 Å². The fraction of sp³-hybridized carbons (Fsp3) is 0.176. The number of carbonyl (C=O) groups excluding carboxylic acids is 1. The van der Waals surface area contributed by atoms with Crippen molar-refractivity contribution in [1.29, 1.82) is 0 Å². The number of fused-ring (bicyclic) bond motifs is 3. The van der Waals surface area contributed by atoms with E-state index in [2.05, 4.69) is 10.3 Å². The molecule has 0 radical (unpaired) electrons. The second-order valence-corrected chi connectivity index (χ2v) is 7.02. The standard InChI is InChI=1S/C17H12Cl3N3O/c1-8-4-10(18)5-12(20)14(8)13-6-21-17-22-15-9(7-24)2-3-11(19)16(15)23(13)17/h2-5,7,13H,6H2,1H3,(H,21,22). The third kappa shape index (κ3) is 2.21. The van der Waals surface area contributed by atoms with Gasteiger partial charge in [-0.3, -0.25) is 9.36 Å². The van der Waals surface area contributed by atoms with Crippen molar-refractivity contribution in [3.05, 3.63) is 56.0 Å². The molecular formula is C17H12Cl3N3O. The molecule has 7 heteroatoms. The summed E-state index contributed by atoms with van der Waals surface area (Å²) in [6.45, 7) is 2.62. The number of aryl methyl sites for hydroxylation is 1. The maximum Gasteiger partial charge on any atom is 0.204 e.